The van der Waals surface area contributed by atoms with E-state index in [1.165, 1.54) is 25.4 Å². The second-order valence-corrected chi connectivity index (χ2v) is 3.67. The van der Waals surface area contributed by atoms with E-state index in [9.17, 15) is 9.18 Å². The molecule has 0 aliphatic rings. The Labute approximate surface area is 101 Å². The Morgan fingerprint density at radius 3 is 2.94 bits per heavy atom. The van der Waals surface area contributed by atoms with Gasteiger partial charge in [0.2, 0.25) is 0 Å². The van der Waals surface area contributed by atoms with Crippen LogP contribution >= 0.6 is 11.6 Å². The maximum atomic E-state index is 13.2. The zero-order valence-corrected chi connectivity index (χ0v) is 9.58. The van der Waals surface area contributed by atoms with Crippen LogP contribution in [0.2, 0.25) is 5.02 Å². The molecule has 2 rings (SSSR count). The lowest BCUT2D eigenvalue weighted by atomic mass is 10.2. The van der Waals surface area contributed by atoms with E-state index in [0.29, 0.717) is 11.4 Å². The van der Waals surface area contributed by atoms with Crippen LogP contribution in [0, 0.1) is 5.82 Å². The van der Waals surface area contributed by atoms with Gasteiger partial charge in [0.1, 0.15) is 17.3 Å². The van der Waals surface area contributed by atoms with Crippen molar-refractivity contribution >= 4 is 17.6 Å². The molecule has 0 saturated heterocycles. The maximum Gasteiger partial charge on any atom is 0.356 e. The van der Waals surface area contributed by atoms with Gasteiger partial charge in [-0.25, -0.2) is 14.2 Å². The number of halogens is 2. The summed E-state index contributed by atoms with van der Waals surface area (Å²) in [5.41, 5.74) is 0.708. The number of hydrogen-bond acceptors (Lipinski definition) is 3. The highest BCUT2D eigenvalue weighted by Crippen LogP contribution is 2.22. The molecule has 0 fully saturated rings. The van der Waals surface area contributed by atoms with Gasteiger partial charge >= 0.3 is 5.97 Å². The molecule has 0 aliphatic heterocycles. The number of benzene rings is 1. The molecule has 0 atom stereocenters. The summed E-state index contributed by atoms with van der Waals surface area (Å²) in [4.78, 5) is 17.9. The fraction of sp³-hybridized carbons (Fsp3) is 0.0909. The number of aromatic nitrogens is 2. The van der Waals surface area contributed by atoms with Gasteiger partial charge in [0.15, 0.2) is 0 Å². The molecule has 0 saturated carbocycles. The number of ether oxygens (including phenoxy) is 1. The number of H-pyrrole nitrogens is 1. The Kier molecular flexibility index (Phi) is 3.10. The van der Waals surface area contributed by atoms with Crippen molar-refractivity contribution in [2.45, 2.75) is 0 Å². The maximum absolute atomic E-state index is 13.2. The van der Waals surface area contributed by atoms with E-state index < -0.39 is 11.8 Å². The van der Waals surface area contributed by atoms with E-state index in [1.807, 2.05) is 0 Å². The predicted molar refractivity (Wildman–Crippen MR) is 60.3 cm³/mol. The smallest absolute Gasteiger partial charge is 0.356 e. The van der Waals surface area contributed by atoms with Crippen LogP contribution < -0.4 is 0 Å². The zero-order valence-electron chi connectivity index (χ0n) is 8.83. The highest BCUT2D eigenvalue weighted by Gasteiger charge is 2.11. The molecular weight excluding hydrogens is 247 g/mol. The number of esters is 1. The summed E-state index contributed by atoms with van der Waals surface area (Å²) in [7, 11) is 1.27. The summed E-state index contributed by atoms with van der Waals surface area (Å²) in [5, 5.41) is 0.0356. The second-order valence-electron chi connectivity index (χ2n) is 3.27. The van der Waals surface area contributed by atoms with Crippen molar-refractivity contribution in [3.63, 3.8) is 0 Å². The largest absolute Gasteiger partial charge is 0.464 e. The van der Waals surface area contributed by atoms with Gasteiger partial charge in [-0.15, -0.1) is 0 Å². The van der Waals surface area contributed by atoms with Crippen LogP contribution in [0.3, 0.4) is 0 Å². The second kappa shape index (κ2) is 4.55. The zero-order chi connectivity index (χ0) is 12.4. The lowest BCUT2D eigenvalue weighted by Gasteiger charge is -1.98. The summed E-state index contributed by atoms with van der Waals surface area (Å²) in [6.45, 7) is 0. The molecule has 1 N–H and O–H groups in total. The lowest BCUT2D eigenvalue weighted by molar-refractivity contribution is 0.0595. The Morgan fingerprint density at radius 1 is 1.53 bits per heavy atom. The van der Waals surface area contributed by atoms with Crippen molar-refractivity contribution in [1.82, 2.24) is 9.97 Å². The number of rotatable bonds is 2. The quantitative estimate of drug-likeness (QED) is 0.839. The number of methoxy groups -OCH3 is 1. The van der Waals surface area contributed by atoms with E-state index in [0.717, 1.165) is 0 Å². The molecule has 1 aromatic heterocycles. The van der Waals surface area contributed by atoms with Gasteiger partial charge in [0.25, 0.3) is 0 Å². The first-order chi connectivity index (χ1) is 8.11. The third kappa shape index (κ3) is 2.29. The first-order valence-electron chi connectivity index (χ1n) is 4.70. The molecule has 1 aromatic carbocycles. The van der Waals surface area contributed by atoms with Crippen LogP contribution in [0.15, 0.2) is 24.4 Å². The van der Waals surface area contributed by atoms with E-state index in [4.69, 9.17) is 11.6 Å². The van der Waals surface area contributed by atoms with Gasteiger partial charge in [-0.05, 0) is 18.2 Å². The van der Waals surface area contributed by atoms with Gasteiger partial charge in [0.05, 0.1) is 18.3 Å². The van der Waals surface area contributed by atoms with Crippen LogP contribution in [-0.2, 0) is 4.74 Å². The highest BCUT2D eigenvalue weighted by molar-refractivity contribution is 6.30. The van der Waals surface area contributed by atoms with Gasteiger partial charge in [-0.3, -0.25) is 0 Å². The minimum Gasteiger partial charge on any atom is -0.464 e. The summed E-state index contributed by atoms with van der Waals surface area (Å²) in [6.07, 6.45) is 1.33. The fourth-order valence-electron chi connectivity index (χ4n) is 1.33. The van der Waals surface area contributed by atoms with Crippen molar-refractivity contribution in [1.29, 1.82) is 0 Å². The van der Waals surface area contributed by atoms with Crippen LogP contribution in [0.5, 0.6) is 0 Å². The topological polar surface area (TPSA) is 55.0 Å². The standard InChI is InChI=1S/C11H8ClFN2O2/c1-17-11(16)9-5-14-10(15-9)6-2-3-7(12)8(13)4-6/h2-5H,1H3,(H,14,15). The average molecular weight is 255 g/mol. The molecule has 0 aliphatic carbocycles. The molecule has 2 aromatic rings. The first kappa shape index (κ1) is 11.6. The predicted octanol–water partition coefficient (Wildman–Crippen LogP) is 2.66. The molecular formula is C11H8ClFN2O2. The normalized spacial score (nSPS) is 10.3. The molecule has 6 heteroatoms. The highest BCUT2D eigenvalue weighted by atomic mass is 35.5. The van der Waals surface area contributed by atoms with Gasteiger partial charge in [-0.2, -0.15) is 0 Å². The number of imidazole rings is 1. The monoisotopic (exact) mass is 254 g/mol. The summed E-state index contributed by atoms with van der Waals surface area (Å²) < 4.78 is 17.8. The SMILES string of the molecule is COC(=O)c1cnc(-c2ccc(Cl)c(F)c2)[nH]1. The van der Waals surface area contributed by atoms with Crippen LogP contribution in [0.1, 0.15) is 10.5 Å². The number of nitrogens with one attached hydrogen (secondary N) is 1. The molecule has 0 bridgehead atoms. The van der Waals surface area contributed by atoms with E-state index in [1.54, 1.807) is 6.07 Å². The Bertz CT molecular complexity index is 568. The molecule has 0 amide bonds. The van der Waals surface area contributed by atoms with Crippen molar-refractivity contribution in [2.75, 3.05) is 7.11 Å². The Hall–Kier alpha value is -1.88. The number of carbonyl (C=O) groups is 1. The molecule has 4 nitrogen and oxygen atoms in total. The molecule has 17 heavy (non-hydrogen) atoms. The average Bonchev–Trinajstić information content (AvgIpc) is 2.81. The van der Waals surface area contributed by atoms with E-state index in [-0.39, 0.29) is 10.7 Å². The first-order valence-corrected chi connectivity index (χ1v) is 5.08. The van der Waals surface area contributed by atoms with Crippen molar-refractivity contribution in [3.05, 3.63) is 40.9 Å². The third-order valence-corrected chi connectivity index (χ3v) is 2.48. The summed E-state index contributed by atoms with van der Waals surface area (Å²) in [5.74, 6) is -0.695. The number of aromatic amines is 1. The Balaban J connectivity index is 2.37. The van der Waals surface area contributed by atoms with E-state index >= 15 is 0 Å². The fourth-order valence-corrected chi connectivity index (χ4v) is 1.44. The van der Waals surface area contributed by atoms with Crippen LogP contribution in [0.4, 0.5) is 4.39 Å². The minimum absolute atomic E-state index is 0.0356. The summed E-state index contributed by atoms with van der Waals surface area (Å²) >= 11 is 5.57. The Morgan fingerprint density at radius 2 is 2.29 bits per heavy atom. The van der Waals surface area contributed by atoms with Gasteiger partial charge < -0.3 is 9.72 Å². The van der Waals surface area contributed by atoms with Crippen LogP contribution in [0.25, 0.3) is 11.4 Å². The summed E-state index contributed by atoms with van der Waals surface area (Å²) in [6, 6.07) is 4.26. The van der Waals surface area contributed by atoms with Gasteiger partial charge in [-0.1, -0.05) is 11.6 Å². The van der Waals surface area contributed by atoms with Crippen molar-refractivity contribution in [2.24, 2.45) is 0 Å². The van der Waals surface area contributed by atoms with Crippen molar-refractivity contribution in [3.8, 4) is 11.4 Å². The number of carbonyl (C=O) groups excluding carboxylic acids is 1. The van der Waals surface area contributed by atoms with Crippen LogP contribution in [-0.4, -0.2) is 23.0 Å². The number of nitrogens with zero attached hydrogens (tertiary/aromatic N) is 1. The number of hydrogen-bond donors (Lipinski definition) is 1. The molecule has 0 radical (unpaired) electrons. The lowest BCUT2D eigenvalue weighted by Crippen LogP contribution is -2.00. The van der Waals surface area contributed by atoms with Crippen molar-refractivity contribution < 1.29 is 13.9 Å². The molecule has 88 valence electrons. The molecule has 0 unspecified atom stereocenters. The minimum atomic E-state index is -0.541. The third-order valence-electron chi connectivity index (χ3n) is 2.17. The molecule has 0 spiro atoms. The molecule has 1 heterocycles. The van der Waals surface area contributed by atoms with E-state index in [2.05, 4.69) is 14.7 Å². The van der Waals surface area contributed by atoms with Gasteiger partial charge in [0, 0.05) is 5.56 Å².